The lowest BCUT2D eigenvalue weighted by atomic mass is 9.99. The van der Waals surface area contributed by atoms with E-state index in [-0.39, 0.29) is 13.1 Å². The van der Waals surface area contributed by atoms with Gasteiger partial charge in [-0.1, -0.05) is 105 Å². The summed E-state index contributed by atoms with van der Waals surface area (Å²) in [6.45, 7) is 16.6. The van der Waals surface area contributed by atoms with Crippen molar-refractivity contribution in [2.45, 2.75) is 182 Å². The van der Waals surface area contributed by atoms with Crippen LogP contribution in [-0.4, -0.2) is 78.5 Å². The molecule has 0 radical (unpaired) electrons. The minimum absolute atomic E-state index is 0.267. The van der Waals surface area contributed by atoms with E-state index < -0.39 is 23.9 Å². The molecule has 7 heteroatoms. The van der Waals surface area contributed by atoms with E-state index in [1.54, 1.807) is 13.8 Å². The van der Waals surface area contributed by atoms with Crippen molar-refractivity contribution in [2.24, 2.45) is 0 Å². The molecule has 0 aliphatic carbocycles. The first-order valence-electron chi connectivity index (χ1n) is 17.5. The van der Waals surface area contributed by atoms with Crippen LogP contribution in [0.5, 0.6) is 0 Å². The molecule has 0 aromatic carbocycles. The third-order valence-corrected chi connectivity index (χ3v) is 7.31. The van der Waals surface area contributed by atoms with Gasteiger partial charge in [-0.25, -0.2) is 4.90 Å². The molecule has 0 heterocycles. The van der Waals surface area contributed by atoms with Crippen molar-refractivity contribution >= 4 is 0 Å². The minimum Gasteiger partial charge on any atom is -0.392 e. The summed E-state index contributed by atoms with van der Waals surface area (Å²) in [6.07, 6.45) is 17.9. The van der Waals surface area contributed by atoms with E-state index in [1.165, 1.54) is 64.2 Å². The smallest absolute Gasteiger partial charge is 0.287 e. The SMILES string of the molecule is CCCCCCCCCCCCCCC(OCCC)(OCCC)C(OCCC)(OCCC)N(CC(C)O)CC(C)O. The van der Waals surface area contributed by atoms with Crippen LogP contribution in [0.15, 0.2) is 0 Å². The van der Waals surface area contributed by atoms with Gasteiger partial charge in [0.25, 0.3) is 5.91 Å². The van der Waals surface area contributed by atoms with Crippen molar-refractivity contribution in [1.82, 2.24) is 4.90 Å². The number of hydrogen-bond donors (Lipinski definition) is 2. The Labute approximate surface area is 255 Å². The fraction of sp³-hybridized carbons (Fsp3) is 1.00. The molecular formula is C34H71NO6. The van der Waals surface area contributed by atoms with Gasteiger partial charge in [-0.15, -0.1) is 0 Å². The van der Waals surface area contributed by atoms with Gasteiger partial charge >= 0.3 is 0 Å². The molecule has 0 aliphatic rings. The maximum atomic E-state index is 10.5. The highest BCUT2D eigenvalue weighted by Crippen LogP contribution is 2.41. The van der Waals surface area contributed by atoms with Crippen molar-refractivity contribution in [3.05, 3.63) is 0 Å². The minimum atomic E-state index is -1.39. The lowest BCUT2D eigenvalue weighted by Crippen LogP contribution is -2.71. The fourth-order valence-electron chi connectivity index (χ4n) is 5.38. The highest BCUT2D eigenvalue weighted by Gasteiger charge is 2.60. The quantitative estimate of drug-likeness (QED) is 0.0623. The summed E-state index contributed by atoms with van der Waals surface area (Å²) >= 11 is 0. The van der Waals surface area contributed by atoms with E-state index in [2.05, 4.69) is 34.6 Å². The highest BCUT2D eigenvalue weighted by atomic mass is 16.8. The van der Waals surface area contributed by atoms with Crippen molar-refractivity contribution in [2.75, 3.05) is 39.5 Å². The van der Waals surface area contributed by atoms with E-state index in [4.69, 9.17) is 18.9 Å². The average molecular weight is 590 g/mol. The molecule has 0 aromatic rings. The first-order valence-corrected chi connectivity index (χ1v) is 17.5. The maximum absolute atomic E-state index is 10.5. The summed E-state index contributed by atoms with van der Waals surface area (Å²) in [5.41, 5.74) is 0. The van der Waals surface area contributed by atoms with Gasteiger partial charge in [-0.2, -0.15) is 0 Å². The molecule has 0 fully saturated rings. The predicted molar refractivity (Wildman–Crippen MR) is 171 cm³/mol. The van der Waals surface area contributed by atoms with E-state index in [0.29, 0.717) is 32.8 Å². The van der Waals surface area contributed by atoms with Crippen molar-refractivity contribution in [3.8, 4) is 0 Å². The Morgan fingerprint density at radius 1 is 0.488 bits per heavy atom. The first-order chi connectivity index (χ1) is 19.8. The van der Waals surface area contributed by atoms with Crippen LogP contribution in [0, 0.1) is 0 Å². The second-order valence-electron chi connectivity index (χ2n) is 12.0. The van der Waals surface area contributed by atoms with Gasteiger partial charge in [0.15, 0.2) is 0 Å². The van der Waals surface area contributed by atoms with Crippen LogP contribution < -0.4 is 0 Å². The van der Waals surface area contributed by atoms with Crippen LogP contribution in [0.25, 0.3) is 0 Å². The van der Waals surface area contributed by atoms with Gasteiger partial charge in [-0.05, 0) is 46.0 Å². The summed E-state index contributed by atoms with van der Waals surface area (Å²) in [7, 11) is 0. The number of rotatable bonds is 31. The molecule has 0 saturated carbocycles. The predicted octanol–water partition coefficient (Wildman–Crippen LogP) is 8.20. The Morgan fingerprint density at radius 3 is 1.17 bits per heavy atom. The third kappa shape index (κ3) is 17.0. The lowest BCUT2D eigenvalue weighted by molar-refractivity contribution is -0.461. The van der Waals surface area contributed by atoms with Crippen LogP contribution in [0.4, 0.5) is 0 Å². The van der Waals surface area contributed by atoms with Gasteiger partial charge < -0.3 is 29.2 Å². The Balaban J connectivity index is 5.90. The molecule has 2 atom stereocenters. The fourth-order valence-corrected chi connectivity index (χ4v) is 5.38. The standard InChI is InChI=1S/C34H71NO6/c1-8-13-14-15-16-17-18-19-20-21-22-23-24-33(38-25-9-2,39-26-10-3)34(40-27-11-4,41-28-12-5)35(29-31(6)36)30-32(7)37/h31-32,36-37H,8-30H2,1-7H3. The van der Waals surface area contributed by atoms with Crippen LogP contribution in [0.2, 0.25) is 0 Å². The molecule has 0 aliphatic heterocycles. The van der Waals surface area contributed by atoms with Gasteiger partial charge in [0.2, 0.25) is 5.79 Å². The topological polar surface area (TPSA) is 80.6 Å². The lowest BCUT2D eigenvalue weighted by Gasteiger charge is -2.53. The molecule has 2 unspecified atom stereocenters. The normalized spacial score (nSPS) is 14.2. The van der Waals surface area contributed by atoms with E-state index in [9.17, 15) is 10.2 Å². The average Bonchev–Trinajstić information content (AvgIpc) is 2.94. The number of aliphatic hydroxyl groups is 2. The number of unbranched alkanes of at least 4 members (excludes halogenated alkanes) is 11. The Morgan fingerprint density at radius 2 is 0.829 bits per heavy atom. The third-order valence-electron chi connectivity index (χ3n) is 7.31. The van der Waals surface area contributed by atoms with Gasteiger partial charge in [0, 0.05) is 19.5 Å². The summed E-state index contributed by atoms with van der Waals surface area (Å²) in [5.74, 6) is -2.58. The number of ether oxygens (including phenoxy) is 4. The van der Waals surface area contributed by atoms with Gasteiger partial charge in [-0.3, -0.25) is 0 Å². The number of nitrogens with zero attached hydrogens (tertiary/aromatic N) is 1. The van der Waals surface area contributed by atoms with Crippen LogP contribution >= 0.6 is 0 Å². The zero-order valence-electron chi connectivity index (χ0n) is 28.4. The molecule has 0 aromatic heterocycles. The van der Waals surface area contributed by atoms with Crippen LogP contribution in [0.1, 0.15) is 158 Å². The second-order valence-corrected chi connectivity index (χ2v) is 12.0. The van der Waals surface area contributed by atoms with E-state index >= 15 is 0 Å². The molecule has 0 amide bonds. The van der Waals surface area contributed by atoms with Crippen molar-refractivity contribution in [3.63, 3.8) is 0 Å². The summed E-state index contributed by atoms with van der Waals surface area (Å²) in [6, 6.07) is 0. The Hall–Kier alpha value is -0.280. The molecule has 0 bridgehead atoms. The molecule has 7 nitrogen and oxygen atoms in total. The van der Waals surface area contributed by atoms with E-state index in [0.717, 1.165) is 38.5 Å². The maximum Gasteiger partial charge on any atom is 0.287 e. The zero-order valence-corrected chi connectivity index (χ0v) is 28.4. The highest BCUT2D eigenvalue weighted by molar-refractivity contribution is 4.92. The Kier molecular flexibility index (Phi) is 26.0. The molecule has 0 rings (SSSR count). The molecule has 248 valence electrons. The van der Waals surface area contributed by atoms with Gasteiger partial charge in [0.05, 0.1) is 38.6 Å². The molecule has 0 spiro atoms. The van der Waals surface area contributed by atoms with Crippen LogP contribution in [0.3, 0.4) is 0 Å². The van der Waals surface area contributed by atoms with Crippen molar-refractivity contribution < 1.29 is 29.2 Å². The molecule has 2 N–H and O–H groups in total. The zero-order chi connectivity index (χ0) is 30.8. The summed E-state index contributed by atoms with van der Waals surface area (Å²) in [4.78, 5) is 1.93. The second kappa shape index (κ2) is 26.2. The van der Waals surface area contributed by atoms with Crippen LogP contribution in [-0.2, 0) is 18.9 Å². The molecule has 0 saturated heterocycles. The summed E-state index contributed by atoms with van der Waals surface area (Å²) < 4.78 is 26.8. The summed E-state index contributed by atoms with van der Waals surface area (Å²) in [5, 5.41) is 21.1. The Bertz CT molecular complexity index is 533. The van der Waals surface area contributed by atoms with Gasteiger partial charge in [0.1, 0.15) is 0 Å². The number of aliphatic hydroxyl groups excluding tert-OH is 2. The van der Waals surface area contributed by atoms with Crippen molar-refractivity contribution in [1.29, 1.82) is 0 Å². The first kappa shape index (κ1) is 40.7. The largest absolute Gasteiger partial charge is 0.392 e. The molecule has 41 heavy (non-hydrogen) atoms. The molecular weight excluding hydrogens is 518 g/mol. The monoisotopic (exact) mass is 590 g/mol. The van der Waals surface area contributed by atoms with E-state index in [1.807, 2.05) is 4.90 Å². The number of hydrogen-bond acceptors (Lipinski definition) is 7.